The van der Waals surface area contributed by atoms with Crippen LogP contribution in [-0.4, -0.2) is 11.4 Å². The van der Waals surface area contributed by atoms with Crippen LogP contribution in [0.25, 0.3) is 0 Å². The van der Waals surface area contributed by atoms with E-state index in [0.717, 1.165) is 23.8 Å². The number of phenolic OH excluding ortho intramolecular Hbond substituents is 1. The highest BCUT2D eigenvalue weighted by atomic mass is 16.3. The topological polar surface area (TPSA) is 37.3 Å². The highest BCUT2D eigenvalue weighted by Gasteiger charge is 2.26. The number of rotatable bonds is 3. The predicted molar refractivity (Wildman–Crippen MR) is 75.5 cm³/mol. The second-order valence-electron chi connectivity index (χ2n) is 6.57. The van der Waals surface area contributed by atoms with Crippen LogP contribution in [0.1, 0.15) is 69.4 Å². The van der Waals surface area contributed by atoms with Crippen molar-refractivity contribution in [1.29, 1.82) is 0 Å². The smallest absolute Gasteiger partial charge is 0.153 e. The number of carbonyl (C=O) groups excluding carboxylic acids is 1. The van der Waals surface area contributed by atoms with Crippen molar-refractivity contribution >= 4 is 6.29 Å². The second kappa shape index (κ2) is 4.75. The molecule has 2 nitrogen and oxygen atoms in total. The van der Waals surface area contributed by atoms with Gasteiger partial charge in [0.1, 0.15) is 5.75 Å². The van der Waals surface area contributed by atoms with Crippen molar-refractivity contribution in [1.82, 2.24) is 0 Å². The third-order valence-electron chi connectivity index (χ3n) is 3.74. The number of carbonyl (C=O) groups is 1. The first-order valence-electron chi connectivity index (χ1n) is 6.46. The van der Waals surface area contributed by atoms with E-state index in [-0.39, 0.29) is 16.6 Å². The van der Waals surface area contributed by atoms with Crippen molar-refractivity contribution in [3.8, 4) is 5.75 Å². The summed E-state index contributed by atoms with van der Waals surface area (Å²) in [6.45, 7) is 12.6. The molecule has 0 amide bonds. The maximum absolute atomic E-state index is 11.1. The van der Waals surface area contributed by atoms with Gasteiger partial charge >= 0.3 is 0 Å². The highest BCUT2D eigenvalue weighted by molar-refractivity contribution is 5.81. The van der Waals surface area contributed by atoms with Gasteiger partial charge in [-0.05, 0) is 28.9 Å². The summed E-state index contributed by atoms with van der Waals surface area (Å²) in [6, 6.07) is 3.84. The Morgan fingerprint density at radius 2 is 1.72 bits per heavy atom. The molecular formula is C16H24O2. The van der Waals surface area contributed by atoms with E-state index in [2.05, 4.69) is 20.8 Å². The molecule has 0 aliphatic carbocycles. The van der Waals surface area contributed by atoms with Crippen LogP contribution in [0, 0.1) is 0 Å². The third-order valence-corrected chi connectivity index (χ3v) is 3.74. The monoisotopic (exact) mass is 248 g/mol. The average molecular weight is 248 g/mol. The van der Waals surface area contributed by atoms with E-state index in [4.69, 9.17) is 0 Å². The van der Waals surface area contributed by atoms with Gasteiger partial charge in [-0.25, -0.2) is 0 Å². The molecule has 0 bridgehead atoms. The lowest BCUT2D eigenvalue weighted by Gasteiger charge is -2.28. The molecule has 1 aromatic rings. The van der Waals surface area contributed by atoms with Crippen LogP contribution in [0.5, 0.6) is 5.75 Å². The molecule has 0 radical (unpaired) electrons. The number of phenols is 1. The molecular weight excluding hydrogens is 224 g/mol. The van der Waals surface area contributed by atoms with Crippen molar-refractivity contribution in [3.63, 3.8) is 0 Å². The molecule has 0 fully saturated rings. The Morgan fingerprint density at radius 3 is 2.11 bits per heavy atom. The molecule has 100 valence electrons. The number of benzene rings is 1. The molecule has 0 aliphatic heterocycles. The fraction of sp³-hybridized carbons (Fsp3) is 0.562. The van der Waals surface area contributed by atoms with Gasteiger partial charge < -0.3 is 5.11 Å². The Labute approximate surface area is 110 Å². The van der Waals surface area contributed by atoms with Gasteiger partial charge in [-0.1, -0.05) is 47.6 Å². The Hall–Kier alpha value is -1.31. The molecule has 1 aromatic carbocycles. The summed E-state index contributed by atoms with van der Waals surface area (Å²) in [5.74, 6) is 0.119. The normalized spacial score (nSPS) is 12.6. The minimum Gasteiger partial charge on any atom is -0.507 e. The zero-order valence-electron chi connectivity index (χ0n) is 12.3. The first-order chi connectivity index (χ1) is 8.13. The molecule has 1 rings (SSSR count). The van der Waals surface area contributed by atoms with Crippen LogP contribution in [0.2, 0.25) is 0 Å². The van der Waals surface area contributed by atoms with E-state index in [1.165, 1.54) is 0 Å². The van der Waals surface area contributed by atoms with Crippen LogP contribution >= 0.6 is 0 Å². The molecule has 1 N–H and O–H groups in total. The van der Waals surface area contributed by atoms with Crippen molar-refractivity contribution in [2.24, 2.45) is 0 Å². The minimum absolute atomic E-state index is 0.00542. The first-order valence-corrected chi connectivity index (χ1v) is 6.46. The predicted octanol–water partition coefficient (Wildman–Crippen LogP) is 4.19. The number of aromatic hydroxyl groups is 1. The molecule has 0 heterocycles. The first kappa shape index (κ1) is 14.7. The minimum atomic E-state index is -0.179. The van der Waals surface area contributed by atoms with Crippen LogP contribution in [0.3, 0.4) is 0 Å². The maximum Gasteiger partial charge on any atom is 0.153 e. The number of hydrogen-bond acceptors (Lipinski definition) is 2. The van der Waals surface area contributed by atoms with E-state index in [9.17, 15) is 9.90 Å². The second-order valence-corrected chi connectivity index (χ2v) is 6.57. The third kappa shape index (κ3) is 2.74. The average Bonchev–Trinajstić information content (AvgIpc) is 2.27. The summed E-state index contributed by atoms with van der Waals surface area (Å²) in [7, 11) is 0. The maximum atomic E-state index is 11.1. The van der Waals surface area contributed by atoms with E-state index < -0.39 is 0 Å². The highest BCUT2D eigenvalue weighted by Crippen LogP contribution is 2.37. The Kier molecular flexibility index (Phi) is 3.89. The standard InChI is InChI=1S/C16H24O2/c1-7-16(5,6)12-8-11(10-17)14(18)13(9-12)15(2,3)4/h8-10,18H,7H2,1-6H3. The van der Waals surface area contributed by atoms with Crippen molar-refractivity contribution in [3.05, 3.63) is 28.8 Å². The molecule has 0 aliphatic rings. The Bertz CT molecular complexity index is 451. The van der Waals surface area contributed by atoms with Crippen molar-refractivity contribution in [2.45, 2.75) is 58.8 Å². The largest absolute Gasteiger partial charge is 0.507 e. The summed E-state index contributed by atoms with van der Waals surface area (Å²) < 4.78 is 0. The molecule has 0 spiro atoms. The number of hydrogen-bond donors (Lipinski definition) is 1. The van der Waals surface area contributed by atoms with Gasteiger partial charge in [0.05, 0.1) is 5.56 Å². The van der Waals surface area contributed by atoms with Gasteiger partial charge in [0.15, 0.2) is 6.29 Å². The van der Waals surface area contributed by atoms with Gasteiger partial charge in [0.25, 0.3) is 0 Å². The number of aldehydes is 1. The summed E-state index contributed by atoms with van der Waals surface area (Å²) >= 11 is 0. The summed E-state index contributed by atoms with van der Waals surface area (Å²) in [4.78, 5) is 11.1. The fourth-order valence-corrected chi connectivity index (χ4v) is 1.91. The molecule has 18 heavy (non-hydrogen) atoms. The van der Waals surface area contributed by atoms with Crippen LogP contribution in [-0.2, 0) is 10.8 Å². The van der Waals surface area contributed by atoms with E-state index in [1.54, 1.807) is 6.07 Å². The molecule has 0 saturated carbocycles. The molecule has 0 unspecified atom stereocenters. The van der Waals surface area contributed by atoms with Gasteiger partial charge in [-0.15, -0.1) is 0 Å². The zero-order chi connectivity index (χ0) is 14.1. The van der Waals surface area contributed by atoms with E-state index >= 15 is 0 Å². The fourth-order valence-electron chi connectivity index (χ4n) is 1.91. The summed E-state index contributed by atoms with van der Waals surface area (Å²) in [5.41, 5.74) is 2.16. The van der Waals surface area contributed by atoms with E-state index in [1.807, 2.05) is 26.8 Å². The molecule has 0 aromatic heterocycles. The molecule has 2 heteroatoms. The summed E-state index contributed by atoms with van der Waals surface area (Å²) in [5, 5.41) is 10.2. The quantitative estimate of drug-likeness (QED) is 0.814. The van der Waals surface area contributed by atoms with Gasteiger partial charge in [0, 0.05) is 5.56 Å². The van der Waals surface area contributed by atoms with E-state index in [0.29, 0.717) is 5.56 Å². The molecule has 0 atom stereocenters. The summed E-state index contributed by atoms with van der Waals surface area (Å²) in [6.07, 6.45) is 1.72. The molecule has 0 saturated heterocycles. The van der Waals surface area contributed by atoms with Crippen molar-refractivity contribution < 1.29 is 9.90 Å². The lowest BCUT2D eigenvalue weighted by molar-refractivity contribution is 0.112. The SMILES string of the molecule is CCC(C)(C)c1cc(C=O)c(O)c(C(C)(C)C)c1. The van der Waals surface area contributed by atoms with Crippen LogP contribution in [0.15, 0.2) is 12.1 Å². The lowest BCUT2D eigenvalue weighted by Crippen LogP contribution is -2.19. The van der Waals surface area contributed by atoms with Crippen LogP contribution in [0.4, 0.5) is 0 Å². The zero-order valence-corrected chi connectivity index (χ0v) is 12.3. The van der Waals surface area contributed by atoms with Gasteiger partial charge in [-0.3, -0.25) is 4.79 Å². The van der Waals surface area contributed by atoms with Crippen molar-refractivity contribution in [2.75, 3.05) is 0 Å². The van der Waals surface area contributed by atoms with Gasteiger partial charge in [0.2, 0.25) is 0 Å². The lowest BCUT2D eigenvalue weighted by atomic mass is 9.77. The van der Waals surface area contributed by atoms with Crippen LogP contribution < -0.4 is 0 Å². The Balaban J connectivity index is 3.55. The Morgan fingerprint density at radius 1 is 1.17 bits per heavy atom. The van der Waals surface area contributed by atoms with Gasteiger partial charge in [-0.2, -0.15) is 0 Å².